The molecule has 2 aromatic rings. The van der Waals surface area contributed by atoms with E-state index in [0.717, 1.165) is 0 Å². The molecule has 1 heterocycles. The van der Waals surface area contributed by atoms with Gasteiger partial charge in [-0.3, -0.25) is 4.98 Å². The zero-order chi connectivity index (χ0) is 12.3. The third-order valence-corrected chi connectivity index (χ3v) is 2.49. The molecule has 6 heteroatoms. The smallest absolute Gasteiger partial charge is 0.166 e. The van der Waals surface area contributed by atoms with E-state index in [1.165, 1.54) is 18.5 Å². The molecule has 0 spiro atoms. The van der Waals surface area contributed by atoms with Gasteiger partial charge in [-0.05, 0) is 18.2 Å². The summed E-state index contributed by atoms with van der Waals surface area (Å²) >= 11 is 3.17. The first-order valence-electron chi connectivity index (χ1n) is 4.79. The molecule has 0 saturated carbocycles. The van der Waals surface area contributed by atoms with Crippen molar-refractivity contribution in [3.05, 3.63) is 46.6 Å². The molecular weight excluding hydrogens is 289 g/mol. The van der Waals surface area contributed by atoms with E-state index in [9.17, 15) is 4.39 Å². The van der Waals surface area contributed by atoms with Crippen LogP contribution in [0.25, 0.3) is 0 Å². The number of rotatable bonds is 3. The molecule has 0 saturated heterocycles. The minimum Gasteiger partial charge on any atom is -0.484 e. The first-order chi connectivity index (χ1) is 8.15. The molecule has 2 rings (SSSR count). The van der Waals surface area contributed by atoms with Crippen molar-refractivity contribution in [3.63, 3.8) is 0 Å². The maximum Gasteiger partial charge on any atom is 0.166 e. The Balaban J connectivity index is 2.04. The SMILES string of the molecule is Nc1cnc(COc2ccc(Br)cc2F)cn1. The molecule has 0 aliphatic rings. The van der Waals surface area contributed by atoms with Crippen LogP contribution in [0.2, 0.25) is 0 Å². The number of ether oxygens (including phenoxy) is 1. The van der Waals surface area contributed by atoms with Crippen LogP contribution in [0, 0.1) is 5.82 Å². The van der Waals surface area contributed by atoms with Gasteiger partial charge in [0, 0.05) is 4.47 Å². The Morgan fingerprint density at radius 1 is 1.29 bits per heavy atom. The molecule has 0 amide bonds. The largest absolute Gasteiger partial charge is 0.484 e. The summed E-state index contributed by atoms with van der Waals surface area (Å²) in [5, 5.41) is 0. The van der Waals surface area contributed by atoms with E-state index in [0.29, 0.717) is 16.0 Å². The van der Waals surface area contributed by atoms with Crippen LogP contribution in [0.5, 0.6) is 5.75 Å². The number of nitrogen functional groups attached to an aromatic ring is 1. The average Bonchev–Trinajstić information content (AvgIpc) is 2.30. The lowest BCUT2D eigenvalue weighted by Gasteiger charge is -2.06. The summed E-state index contributed by atoms with van der Waals surface area (Å²) < 4.78 is 19.3. The highest BCUT2D eigenvalue weighted by Gasteiger charge is 2.04. The first-order valence-corrected chi connectivity index (χ1v) is 5.58. The quantitative estimate of drug-likeness (QED) is 0.946. The molecule has 17 heavy (non-hydrogen) atoms. The van der Waals surface area contributed by atoms with Crippen molar-refractivity contribution >= 4 is 21.7 Å². The van der Waals surface area contributed by atoms with E-state index in [2.05, 4.69) is 25.9 Å². The summed E-state index contributed by atoms with van der Waals surface area (Å²) in [5.74, 6) is 0.0816. The van der Waals surface area contributed by atoms with Gasteiger partial charge in [-0.25, -0.2) is 9.37 Å². The topological polar surface area (TPSA) is 61.0 Å². The molecule has 0 atom stereocenters. The highest BCUT2D eigenvalue weighted by molar-refractivity contribution is 9.10. The second-order valence-corrected chi connectivity index (χ2v) is 4.21. The summed E-state index contributed by atoms with van der Waals surface area (Å²) in [7, 11) is 0. The van der Waals surface area contributed by atoms with Gasteiger partial charge in [0.1, 0.15) is 12.4 Å². The summed E-state index contributed by atoms with van der Waals surface area (Å²) in [6.07, 6.45) is 2.92. The van der Waals surface area contributed by atoms with Gasteiger partial charge in [0.05, 0.1) is 18.1 Å². The molecule has 1 aromatic heterocycles. The van der Waals surface area contributed by atoms with Crippen molar-refractivity contribution in [3.8, 4) is 5.75 Å². The van der Waals surface area contributed by atoms with Crippen molar-refractivity contribution in [1.29, 1.82) is 0 Å². The summed E-state index contributed by atoms with van der Waals surface area (Å²) in [6, 6.07) is 4.58. The standard InChI is InChI=1S/C11H9BrFN3O/c12-7-1-2-10(9(13)3-7)17-6-8-4-16-11(14)5-15-8/h1-5H,6H2,(H2,14,16). The summed E-state index contributed by atoms with van der Waals surface area (Å²) in [5.41, 5.74) is 5.98. The lowest BCUT2D eigenvalue weighted by Crippen LogP contribution is -2.01. The van der Waals surface area contributed by atoms with Crippen molar-refractivity contribution in [2.45, 2.75) is 6.61 Å². The van der Waals surface area contributed by atoms with Crippen molar-refractivity contribution in [2.24, 2.45) is 0 Å². The molecule has 88 valence electrons. The molecular formula is C11H9BrFN3O. The second-order valence-electron chi connectivity index (χ2n) is 3.30. The Morgan fingerprint density at radius 2 is 2.12 bits per heavy atom. The van der Waals surface area contributed by atoms with Gasteiger partial charge in [0.25, 0.3) is 0 Å². The molecule has 0 radical (unpaired) electrons. The number of anilines is 1. The maximum absolute atomic E-state index is 13.4. The van der Waals surface area contributed by atoms with Crippen LogP contribution in [0.15, 0.2) is 35.1 Å². The van der Waals surface area contributed by atoms with Gasteiger partial charge >= 0.3 is 0 Å². The number of nitrogens with two attached hydrogens (primary N) is 1. The predicted molar refractivity (Wildman–Crippen MR) is 64.9 cm³/mol. The molecule has 0 aliphatic carbocycles. The Labute approximate surface area is 106 Å². The number of benzene rings is 1. The van der Waals surface area contributed by atoms with E-state index in [4.69, 9.17) is 10.5 Å². The van der Waals surface area contributed by atoms with Gasteiger partial charge in [-0.1, -0.05) is 15.9 Å². The summed E-state index contributed by atoms with van der Waals surface area (Å²) in [6.45, 7) is 0.145. The Hall–Kier alpha value is -1.69. The Morgan fingerprint density at radius 3 is 2.76 bits per heavy atom. The predicted octanol–water partition coefficient (Wildman–Crippen LogP) is 2.54. The summed E-state index contributed by atoms with van der Waals surface area (Å²) in [4.78, 5) is 7.86. The number of hydrogen-bond acceptors (Lipinski definition) is 4. The van der Waals surface area contributed by atoms with Crippen LogP contribution in [0.1, 0.15) is 5.69 Å². The lowest BCUT2D eigenvalue weighted by molar-refractivity contribution is 0.285. The van der Waals surface area contributed by atoms with Gasteiger partial charge in [-0.2, -0.15) is 0 Å². The van der Waals surface area contributed by atoms with Crippen LogP contribution in [0.3, 0.4) is 0 Å². The van der Waals surface area contributed by atoms with Gasteiger partial charge < -0.3 is 10.5 Å². The first kappa shape index (κ1) is 11.8. The Kier molecular flexibility index (Phi) is 3.53. The van der Waals surface area contributed by atoms with E-state index in [1.54, 1.807) is 12.1 Å². The Bertz CT molecular complexity index is 519. The van der Waals surface area contributed by atoms with Crippen LogP contribution in [0.4, 0.5) is 10.2 Å². The number of aromatic nitrogens is 2. The van der Waals surface area contributed by atoms with Crippen molar-refractivity contribution in [2.75, 3.05) is 5.73 Å². The molecule has 0 fully saturated rings. The number of nitrogens with zero attached hydrogens (tertiary/aromatic N) is 2. The van der Waals surface area contributed by atoms with E-state index >= 15 is 0 Å². The van der Waals surface area contributed by atoms with Gasteiger partial charge in [-0.15, -0.1) is 0 Å². The fourth-order valence-corrected chi connectivity index (χ4v) is 1.52. The lowest BCUT2D eigenvalue weighted by atomic mass is 10.3. The fraction of sp³-hybridized carbons (Fsp3) is 0.0909. The maximum atomic E-state index is 13.4. The fourth-order valence-electron chi connectivity index (χ4n) is 1.18. The molecule has 0 unspecified atom stereocenters. The molecule has 2 N–H and O–H groups in total. The number of halogens is 2. The average molecular weight is 298 g/mol. The monoisotopic (exact) mass is 297 g/mol. The zero-order valence-electron chi connectivity index (χ0n) is 8.73. The third-order valence-electron chi connectivity index (χ3n) is 1.99. The van der Waals surface area contributed by atoms with Crippen LogP contribution in [-0.2, 0) is 6.61 Å². The van der Waals surface area contributed by atoms with E-state index in [1.807, 2.05) is 0 Å². The van der Waals surface area contributed by atoms with Crippen molar-refractivity contribution in [1.82, 2.24) is 9.97 Å². The van der Waals surface area contributed by atoms with Gasteiger partial charge in [0.2, 0.25) is 0 Å². The molecule has 4 nitrogen and oxygen atoms in total. The molecule has 0 aliphatic heterocycles. The van der Waals surface area contributed by atoms with E-state index < -0.39 is 5.82 Å². The normalized spacial score (nSPS) is 10.2. The zero-order valence-corrected chi connectivity index (χ0v) is 10.3. The van der Waals surface area contributed by atoms with Gasteiger partial charge in [0.15, 0.2) is 11.6 Å². The van der Waals surface area contributed by atoms with Crippen LogP contribution >= 0.6 is 15.9 Å². The van der Waals surface area contributed by atoms with Crippen molar-refractivity contribution < 1.29 is 9.13 Å². The molecule has 1 aromatic carbocycles. The highest BCUT2D eigenvalue weighted by Crippen LogP contribution is 2.22. The van der Waals surface area contributed by atoms with Crippen LogP contribution in [-0.4, -0.2) is 9.97 Å². The number of hydrogen-bond donors (Lipinski definition) is 1. The molecule has 0 bridgehead atoms. The second kappa shape index (κ2) is 5.09. The highest BCUT2D eigenvalue weighted by atomic mass is 79.9. The van der Waals surface area contributed by atoms with Crippen LogP contribution < -0.4 is 10.5 Å². The van der Waals surface area contributed by atoms with E-state index in [-0.39, 0.29) is 12.4 Å². The third kappa shape index (κ3) is 3.13. The minimum atomic E-state index is -0.428. The minimum absolute atomic E-state index is 0.145.